The Morgan fingerprint density at radius 1 is 1.35 bits per heavy atom. The van der Waals surface area contributed by atoms with Gasteiger partial charge in [0, 0.05) is 46.0 Å². The number of pyridine rings is 1. The van der Waals surface area contributed by atoms with Crippen LogP contribution in [-0.2, 0) is 6.54 Å². The second-order valence-corrected chi connectivity index (χ2v) is 6.93. The van der Waals surface area contributed by atoms with Crippen LogP contribution in [0.5, 0.6) is 0 Å². The van der Waals surface area contributed by atoms with Gasteiger partial charge in [-0.2, -0.15) is 0 Å². The van der Waals surface area contributed by atoms with Gasteiger partial charge in [-0.1, -0.05) is 19.9 Å². The maximum Gasteiger partial charge on any atom is 0.193 e. The van der Waals surface area contributed by atoms with E-state index < -0.39 is 0 Å². The van der Waals surface area contributed by atoms with Crippen molar-refractivity contribution in [3.8, 4) is 0 Å². The van der Waals surface area contributed by atoms with Crippen LogP contribution in [0.1, 0.15) is 39.7 Å². The topological polar surface area (TPSA) is 43.8 Å². The molecular weight excluding hydrogens is 286 g/mol. The molecule has 2 heterocycles. The number of hydrogen-bond donors (Lipinski definition) is 1. The Balaban J connectivity index is 1.92. The lowest BCUT2D eigenvalue weighted by Crippen LogP contribution is -2.40. The van der Waals surface area contributed by atoms with Gasteiger partial charge in [0.15, 0.2) is 5.96 Å². The summed E-state index contributed by atoms with van der Waals surface area (Å²) in [5, 5.41) is 3.46. The summed E-state index contributed by atoms with van der Waals surface area (Å²) in [5.41, 5.74) is 1.56. The van der Waals surface area contributed by atoms with E-state index in [-0.39, 0.29) is 0 Å². The van der Waals surface area contributed by atoms with Crippen molar-refractivity contribution >= 4 is 11.8 Å². The van der Waals surface area contributed by atoms with Crippen molar-refractivity contribution in [2.45, 2.75) is 40.7 Å². The second kappa shape index (κ2) is 7.66. The molecule has 1 aliphatic heterocycles. The van der Waals surface area contributed by atoms with Gasteiger partial charge in [-0.3, -0.25) is 4.99 Å². The van der Waals surface area contributed by atoms with Gasteiger partial charge in [0.1, 0.15) is 5.82 Å². The molecule has 0 unspecified atom stereocenters. The van der Waals surface area contributed by atoms with Crippen LogP contribution in [0.25, 0.3) is 0 Å². The molecule has 1 aromatic rings. The van der Waals surface area contributed by atoms with Gasteiger partial charge in [0.2, 0.25) is 0 Å². The molecule has 0 bridgehead atoms. The molecule has 0 atom stereocenters. The average molecular weight is 317 g/mol. The van der Waals surface area contributed by atoms with Crippen LogP contribution in [0.4, 0.5) is 5.82 Å². The summed E-state index contributed by atoms with van der Waals surface area (Å²) in [5.74, 6) is 2.04. The predicted octanol–water partition coefficient (Wildman–Crippen LogP) is 2.74. The van der Waals surface area contributed by atoms with Gasteiger partial charge in [0.05, 0.1) is 0 Å². The number of guanidine groups is 1. The lowest BCUT2D eigenvalue weighted by molar-refractivity contribution is 0.370. The van der Waals surface area contributed by atoms with Crippen LogP contribution in [0, 0.1) is 5.41 Å². The van der Waals surface area contributed by atoms with E-state index in [0.29, 0.717) is 5.41 Å². The molecule has 1 aromatic heterocycles. The predicted molar refractivity (Wildman–Crippen MR) is 98.0 cm³/mol. The summed E-state index contributed by atoms with van der Waals surface area (Å²) >= 11 is 0. The summed E-state index contributed by atoms with van der Waals surface area (Å²) < 4.78 is 0. The van der Waals surface area contributed by atoms with Crippen molar-refractivity contribution in [3.63, 3.8) is 0 Å². The maximum absolute atomic E-state index is 4.58. The van der Waals surface area contributed by atoms with Gasteiger partial charge < -0.3 is 15.1 Å². The fourth-order valence-corrected chi connectivity index (χ4v) is 3.06. The van der Waals surface area contributed by atoms with E-state index >= 15 is 0 Å². The third-order valence-electron chi connectivity index (χ3n) is 4.54. The van der Waals surface area contributed by atoms with E-state index in [0.717, 1.165) is 44.5 Å². The highest BCUT2D eigenvalue weighted by molar-refractivity contribution is 5.80. The summed E-state index contributed by atoms with van der Waals surface area (Å²) in [4.78, 5) is 13.6. The smallest absolute Gasteiger partial charge is 0.193 e. The van der Waals surface area contributed by atoms with Crippen LogP contribution in [0.2, 0.25) is 0 Å². The minimum Gasteiger partial charge on any atom is -0.357 e. The molecule has 1 aliphatic rings. The second-order valence-electron chi connectivity index (χ2n) is 6.93. The molecule has 1 N–H and O–H groups in total. The number of hydrogen-bond acceptors (Lipinski definition) is 3. The minimum absolute atomic E-state index is 0.380. The monoisotopic (exact) mass is 317 g/mol. The van der Waals surface area contributed by atoms with Crippen LogP contribution >= 0.6 is 0 Å². The largest absolute Gasteiger partial charge is 0.357 e. The molecular formula is C18H31N5. The first-order chi connectivity index (χ1) is 11.0. The molecule has 1 saturated heterocycles. The number of likely N-dealkylation sites (tertiary alicyclic amines) is 1. The Morgan fingerprint density at radius 3 is 2.57 bits per heavy atom. The van der Waals surface area contributed by atoms with E-state index in [1.807, 2.05) is 13.2 Å². The quantitative estimate of drug-likeness (QED) is 0.670. The zero-order valence-electron chi connectivity index (χ0n) is 15.3. The summed E-state index contributed by atoms with van der Waals surface area (Å²) in [6.45, 7) is 13.8. The molecule has 0 saturated carbocycles. The zero-order valence-corrected chi connectivity index (χ0v) is 15.3. The maximum atomic E-state index is 4.58. The highest BCUT2D eigenvalue weighted by Crippen LogP contribution is 2.28. The summed E-state index contributed by atoms with van der Waals surface area (Å²) in [6.07, 6.45) is 3.18. The first kappa shape index (κ1) is 17.6. The Labute approximate surface area is 140 Å². The van der Waals surface area contributed by atoms with Crippen LogP contribution < -0.4 is 10.2 Å². The van der Waals surface area contributed by atoms with Crippen molar-refractivity contribution < 1.29 is 0 Å². The Bertz CT molecular complexity index is 517. The fourth-order valence-electron chi connectivity index (χ4n) is 3.06. The van der Waals surface area contributed by atoms with Crippen molar-refractivity contribution in [2.75, 3.05) is 38.1 Å². The first-order valence-electron chi connectivity index (χ1n) is 8.64. The van der Waals surface area contributed by atoms with Crippen molar-refractivity contribution in [1.29, 1.82) is 0 Å². The van der Waals surface area contributed by atoms with Crippen molar-refractivity contribution in [3.05, 3.63) is 23.9 Å². The number of anilines is 1. The van der Waals surface area contributed by atoms with E-state index in [2.05, 4.69) is 64.9 Å². The minimum atomic E-state index is 0.380. The van der Waals surface area contributed by atoms with Crippen LogP contribution in [0.15, 0.2) is 23.3 Å². The van der Waals surface area contributed by atoms with Gasteiger partial charge in [-0.15, -0.1) is 0 Å². The molecule has 0 aromatic carbocycles. The molecule has 0 amide bonds. The number of rotatable bonds is 5. The highest BCUT2D eigenvalue weighted by atomic mass is 15.3. The average Bonchev–Trinajstić information content (AvgIpc) is 2.90. The van der Waals surface area contributed by atoms with Crippen molar-refractivity contribution in [2.24, 2.45) is 10.4 Å². The lowest BCUT2D eigenvalue weighted by Gasteiger charge is -2.24. The number of nitrogens with one attached hydrogen (secondary N) is 1. The lowest BCUT2D eigenvalue weighted by atomic mass is 9.93. The SMILES string of the molecule is CCN(CC)c1ccc(CNC(=NC)N2CCC(C)(C)C2)cn1. The van der Waals surface area contributed by atoms with Crippen LogP contribution in [0.3, 0.4) is 0 Å². The summed E-state index contributed by atoms with van der Waals surface area (Å²) in [6, 6.07) is 4.25. The third-order valence-corrected chi connectivity index (χ3v) is 4.54. The molecule has 2 rings (SSSR count). The number of aromatic nitrogens is 1. The zero-order chi connectivity index (χ0) is 16.9. The Hall–Kier alpha value is -1.78. The van der Waals surface area contributed by atoms with Gasteiger partial charge in [-0.25, -0.2) is 4.98 Å². The van der Waals surface area contributed by atoms with E-state index in [4.69, 9.17) is 0 Å². The van der Waals surface area contributed by atoms with Gasteiger partial charge in [0.25, 0.3) is 0 Å². The summed E-state index contributed by atoms with van der Waals surface area (Å²) in [7, 11) is 1.86. The Morgan fingerprint density at radius 2 is 2.09 bits per heavy atom. The fraction of sp³-hybridized carbons (Fsp3) is 0.667. The number of aliphatic imine (C=N–C) groups is 1. The molecule has 128 valence electrons. The van der Waals surface area contributed by atoms with E-state index in [1.54, 1.807) is 0 Å². The normalized spacial score (nSPS) is 17.4. The highest BCUT2D eigenvalue weighted by Gasteiger charge is 2.30. The van der Waals surface area contributed by atoms with Gasteiger partial charge in [-0.05, 0) is 37.3 Å². The first-order valence-corrected chi connectivity index (χ1v) is 8.64. The Kier molecular flexibility index (Phi) is 5.85. The molecule has 0 aliphatic carbocycles. The molecule has 1 fully saturated rings. The third kappa shape index (κ3) is 4.60. The molecule has 5 nitrogen and oxygen atoms in total. The number of nitrogens with zero attached hydrogens (tertiary/aromatic N) is 4. The van der Waals surface area contributed by atoms with Crippen molar-refractivity contribution in [1.82, 2.24) is 15.2 Å². The molecule has 23 heavy (non-hydrogen) atoms. The van der Waals surface area contributed by atoms with E-state index in [1.165, 1.54) is 12.0 Å². The van der Waals surface area contributed by atoms with Gasteiger partial charge >= 0.3 is 0 Å². The molecule has 0 spiro atoms. The molecule has 5 heteroatoms. The standard InChI is InChI=1S/C18H31N5/c1-6-22(7-2)16-9-8-15(12-20-16)13-21-17(19-5)23-11-10-18(3,4)14-23/h8-9,12H,6-7,10-11,13-14H2,1-5H3,(H,19,21). The molecule has 0 radical (unpaired) electrons. The van der Waals surface area contributed by atoms with E-state index in [9.17, 15) is 0 Å². The van der Waals surface area contributed by atoms with Crippen LogP contribution in [-0.4, -0.2) is 49.1 Å².